The average molecular weight is 339 g/mol. The van der Waals surface area contributed by atoms with E-state index < -0.39 is 10.8 Å². The summed E-state index contributed by atoms with van der Waals surface area (Å²) >= 11 is 0. The third-order valence-electron chi connectivity index (χ3n) is 4.06. The van der Waals surface area contributed by atoms with Gasteiger partial charge in [0.15, 0.2) is 0 Å². The fraction of sp³-hybridized carbons (Fsp3) is 0.211. The van der Waals surface area contributed by atoms with Gasteiger partial charge in [-0.05, 0) is 42.3 Å². The highest BCUT2D eigenvalue weighted by molar-refractivity contribution is 7.84. The van der Waals surface area contributed by atoms with Crippen molar-refractivity contribution in [3.63, 3.8) is 0 Å². The summed E-state index contributed by atoms with van der Waals surface area (Å²) in [6.45, 7) is 2.93. The van der Waals surface area contributed by atoms with E-state index in [2.05, 4.69) is 41.5 Å². The number of hydrogen-bond acceptors (Lipinski definition) is 3. The molecule has 0 aliphatic rings. The van der Waals surface area contributed by atoms with Crippen molar-refractivity contribution in [2.75, 3.05) is 6.26 Å². The predicted molar refractivity (Wildman–Crippen MR) is 97.6 cm³/mol. The minimum atomic E-state index is -0.922. The van der Waals surface area contributed by atoms with E-state index in [1.807, 2.05) is 35.0 Å². The smallest absolute Gasteiger partial charge is 0.0991 e. The second-order valence-electron chi connectivity index (χ2n) is 5.76. The Kier molecular flexibility index (Phi) is 5.23. The van der Waals surface area contributed by atoms with Crippen LogP contribution in [0.4, 0.5) is 0 Å². The van der Waals surface area contributed by atoms with Crippen molar-refractivity contribution >= 4 is 10.8 Å². The first-order valence-electron chi connectivity index (χ1n) is 7.87. The van der Waals surface area contributed by atoms with E-state index in [0.717, 1.165) is 17.1 Å². The van der Waals surface area contributed by atoms with Crippen molar-refractivity contribution in [3.8, 4) is 5.69 Å². The van der Waals surface area contributed by atoms with Crippen LogP contribution in [0.15, 0.2) is 72.1 Å². The number of rotatable bonds is 6. The first kappa shape index (κ1) is 16.6. The van der Waals surface area contributed by atoms with E-state index in [-0.39, 0.29) is 6.04 Å². The molecule has 0 bridgehead atoms. The summed E-state index contributed by atoms with van der Waals surface area (Å²) in [4.78, 5) is 4.93. The van der Waals surface area contributed by atoms with Gasteiger partial charge in [-0.3, -0.25) is 4.21 Å². The Bertz CT molecular complexity index is 796. The molecule has 0 saturated carbocycles. The number of nitrogens with one attached hydrogen (secondary N) is 1. The fourth-order valence-electron chi connectivity index (χ4n) is 2.53. The molecule has 0 unspecified atom stereocenters. The molecule has 1 heterocycles. The molecule has 3 aromatic rings. The summed E-state index contributed by atoms with van der Waals surface area (Å²) in [7, 11) is -0.922. The van der Waals surface area contributed by atoms with Gasteiger partial charge in [0.05, 0.1) is 6.33 Å². The van der Waals surface area contributed by atoms with Gasteiger partial charge in [-0.25, -0.2) is 4.98 Å². The minimum Gasteiger partial charge on any atom is -0.306 e. The molecule has 5 heteroatoms. The monoisotopic (exact) mass is 339 g/mol. The minimum absolute atomic E-state index is 0.252. The molecule has 0 fully saturated rings. The van der Waals surface area contributed by atoms with Crippen LogP contribution in [-0.4, -0.2) is 20.0 Å². The molecule has 0 spiro atoms. The molecule has 0 saturated heterocycles. The summed E-state index contributed by atoms with van der Waals surface area (Å²) in [6.07, 6.45) is 7.20. The van der Waals surface area contributed by atoms with E-state index in [4.69, 9.17) is 0 Å². The lowest BCUT2D eigenvalue weighted by Crippen LogP contribution is -2.18. The van der Waals surface area contributed by atoms with Crippen LogP contribution in [0, 0.1) is 0 Å². The Morgan fingerprint density at radius 3 is 2.42 bits per heavy atom. The molecule has 0 aliphatic carbocycles. The van der Waals surface area contributed by atoms with E-state index in [1.165, 1.54) is 11.1 Å². The van der Waals surface area contributed by atoms with Gasteiger partial charge in [-0.1, -0.05) is 24.3 Å². The molecule has 24 heavy (non-hydrogen) atoms. The van der Waals surface area contributed by atoms with Gasteiger partial charge in [-0.2, -0.15) is 0 Å². The quantitative estimate of drug-likeness (QED) is 0.748. The van der Waals surface area contributed by atoms with Gasteiger partial charge in [-0.15, -0.1) is 0 Å². The summed E-state index contributed by atoms with van der Waals surface area (Å²) in [5.41, 5.74) is 3.53. The maximum Gasteiger partial charge on any atom is 0.0991 e. The van der Waals surface area contributed by atoms with E-state index >= 15 is 0 Å². The highest BCUT2D eigenvalue weighted by Crippen LogP contribution is 2.16. The lowest BCUT2D eigenvalue weighted by Gasteiger charge is -2.15. The first-order chi connectivity index (χ1) is 11.6. The maximum absolute atomic E-state index is 11.4. The second-order valence-corrected chi connectivity index (χ2v) is 7.14. The summed E-state index contributed by atoms with van der Waals surface area (Å²) in [5, 5.41) is 3.52. The predicted octanol–water partition coefficient (Wildman–Crippen LogP) is 3.46. The van der Waals surface area contributed by atoms with Gasteiger partial charge >= 0.3 is 0 Å². The van der Waals surface area contributed by atoms with Crippen molar-refractivity contribution in [3.05, 3.63) is 78.4 Å². The molecular weight excluding hydrogens is 318 g/mol. The van der Waals surface area contributed by atoms with Gasteiger partial charge in [0.25, 0.3) is 0 Å². The topological polar surface area (TPSA) is 46.9 Å². The summed E-state index contributed by atoms with van der Waals surface area (Å²) in [6, 6.07) is 16.6. The maximum atomic E-state index is 11.4. The standard InChI is InChI=1S/C19H21N3OS/c1-15(21-13-16-3-9-19(10-4-16)24(2)23)17-5-7-18(8-6-17)22-12-11-20-14-22/h3-12,14-15,21H,13H2,1-2H3/t15-,24+/m1/s1. The molecule has 124 valence electrons. The van der Waals surface area contributed by atoms with Crippen molar-refractivity contribution in [2.24, 2.45) is 0 Å². The van der Waals surface area contributed by atoms with Crippen LogP contribution in [0.2, 0.25) is 0 Å². The Morgan fingerprint density at radius 1 is 1.12 bits per heavy atom. The zero-order valence-corrected chi connectivity index (χ0v) is 14.7. The molecule has 2 aromatic carbocycles. The normalized spacial score (nSPS) is 13.6. The lowest BCUT2D eigenvalue weighted by molar-refractivity contribution is 0.574. The summed E-state index contributed by atoms with van der Waals surface area (Å²) in [5.74, 6) is 0. The molecule has 0 amide bonds. The Balaban J connectivity index is 1.60. The zero-order valence-electron chi connectivity index (χ0n) is 13.8. The Morgan fingerprint density at radius 2 is 1.83 bits per heavy atom. The van der Waals surface area contributed by atoms with Crippen molar-refractivity contribution < 1.29 is 4.21 Å². The zero-order chi connectivity index (χ0) is 16.9. The molecule has 2 atom stereocenters. The van der Waals surface area contributed by atoms with E-state index in [0.29, 0.717) is 0 Å². The number of hydrogen-bond donors (Lipinski definition) is 1. The third kappa shape index (κ3) is 3.99. The van der Waals surface area contributed by atoms with Gasteiger partial charge in [0, 0.05) is 52.6 Å². The largest absolute Gasteiger partial charge is 0.306 e. The van der Waals surface area contributed by atoms with Crippen molar-refractivity contribution in [2.45, 2.75) is 24.4 Å². The molecule has 3 rings (SSSR count). The number of benzene rings is 2. The lowest BCUT2D eigenvalue weighted by atomic mass is 10.1. The number of imidazole rings is 1. The molecule has 0 radical (unpaired) electrons. The van der Waals surface area contributed by atoms with Gasteiger partial charge in [0.1, 0.15) is 0 Å². The van der Waals surface area contributed by atoms with Crippen LogP contribution >= 0.6 is 0 Å². The van der Waals surface area contributed by atoms with E-state index in [1.54, 1.807) is 18.8 Å². The number of aromatic nitrogens is 2. The summed E-state index contributed by atoms with van der Waals surface area (Å²) < 4.78 is 13.4. The van der Waals surface area contributed by atoms with Crippen LogP contribution in [-0.2, 0) is 17.3 Å². The number of nitrogens with zero attached hydrogens (tertiary/aromatic N) is 2. The van der Waals surface area contributed by atoms with Crippen LogP contribution in [0.1, 0.15) is 24.1 Å². The third-order valence-corrected chi connectivity index (χ3v) is 5.00. The first-order valence-corrected chi connectivity index (χ1v) is 9.43. The van der Waals surface area contributed by atoms with Crippen LogP contribution < -0.4 is 5.32 Å². The molecule has 0 aliphatic heterocycles. The molecule has 1 N–H and O–H groups in total. The average Bonchev–Trinajstić information content (AvgIpc) is 3.15. The fourth-order valence-corrected chi connectivity index (χ4v) is 3.05. The molecule has 1 aromatic heterocycles. The highest BCUT2D eigenvalue weighted by Gasteiger charge is 2.06. The van der Waals surface area contributed by atoms with E-state index in [9.17, 15) is 4.21 Å². The van der Waals surface area contributed by atoms with Gasteiger partial charge < -0.3 is 9.88 Å². The molecular formula is C19H21N3OS. The van der Waals surface area contributed by atoms with Crippen molar-refractivity contribution in [1.82, 2.24) is 14.9 Å². The second kappa shape index (κ2) is 7.55. The van der Waals surface area contributed by atoms with Gasteiger partial charge in [0.2, 0.25) is 0 Å². The molecule has 4 nitrogen and oxygen atoms in total. The van der Waals surface area contributed by atoms with Crippen LogP contribution in [0.25, 0.3) is 5.69 Å². The van der Waals surface area contributed by atoms with Crippen LogP contribution in [0.5, 0.6) is 0 Å². The Labute approximate surface area is 145 Å². The SMILES string of the molecule is C[C@@H](NCc1ccc([S@](C)=O)cc1)c1ccc(-n2ccnc2)cc1. The Hall–Kier alpha value is -2.24. The van der Waals surface area contributed by atoms with Crippen LogP contribution in [0.3, 0.4) is 0 Å². The van der Waals surface area contributed by atoms with Crippen molar-refractivity contribution in [1.29, 1.82) is 0 Å². The highest BCUT2D eigenvalue weighted by atomic mass is 32.2.